The Hall–Kier alpha value is -1.42. The van der Waals surface area contributed by atoms with Crippen LogP contribution in [0.1, 0.15) is 12.5 Å². The molecule has 0 aliphatic rings. The van der Waals surface area contributed by atoms with E-state index in [1.165, 1.54) is 0 Å². The summed E-state index contributed by atoms with van der Waals surface area (Å²) in [5.74, 6) is 0.666. The summed E-state index contributed by atoms with van der Waals surface area (Å²) < 4.78 is 5.12. The summed E-state index contributed by atoms with van der Waals surface area (Å²) in [5, 5.41) is 3.12. The molecule has 0 heterocycles. The molecule has 1 rings (SSSR count). The number of benzene rings is 1. The summed E-state index contributed by atoms with van der Waals surface area (Å²) in [6.45, 7) is 3.85. The lowest BCUT2D eigenvalue weighted by Crippen LogP contribution is -2.25. The molecule has 1 aromatic rings. The highest BCUT2D eigenvalue weighted by Crippen LogP contribution is 2.28. The van der Waals surface area contributed by atoms with Crippen LogP contribution >= 0.6 is 0 Å². The molecule has 5 N–H and O–H groups in total. The SMILES string of the molecule is COc1cc(NC(C)N)c(C)cc1N. The summed E-state index contributed by atoms with van der Waals surface area (Å²) in [6.07, 6.45) is -0.0953. The van der Waals surface area contributed by atoms with Crippen molar-refractivity contribution in [3.8, 4) is 5.75 Å². The second-order valence-electron chi connectivity index (χ2n) is 3.34. The maximum Gasteiger partial charge on any atom is 0.143 e. The van der Waals surface area contributed by atoms with Crippen LogP contribution in [0.5, 0.6) is 5.75 Å². The number of anilines is 2. The second kappa shape index (κ2) is 4.19. The Morgan fingerprint density at radius 2 is 2.07 bits per heavy atom. The summed E-state index contributed by atoms with van der Waals surface area (Å²) in [6, 6.07) is 3.72. The summed E-state index contributed by atoms with van der Waals surface area (Å²) in [4.78, 5) is 0. The van der Waals surface area contributed by atoms with E-state index in [4.69, 9.17) is 16.2 Å². The van der Waals surface area contributed by atoms with E-state index in [1.54, 1.807) is 7.11 Å². The Morgan fingerprint density at radius 1 is 1.43 bits per heavy atom. The van der Waals surface area contributed by atoms with Crippen LogP contribution in [0.25, 0.3) is 0 Å². The number of nitrogens with one attached hydrogen (secondary N) is 1. The van der Waals surface area contributed by atoms with Gasteiger partial charge in [0.25, 0.3) is 0 Å². The van der Waals surface area contributed by atoms with E-state index in [0.29, 0.717) is 11.4 Å². The van der Waals surface area contributed by atoms with Gasteiger partial charge in [-0.1, -0.05) is 0 Å². The lowest BCUT2D eigenvalue weighted by molar-refractivity contribution is 0.417. The summed E-state index contributed by atoms with van der Waals surface area (Å²) in [5.41, 5.74) is 14.0. The van der Waals surface area contributed by atoms with E-state index in [2.05, 4.69) is 5.32 Å². The van der Waals surface area contributed by atoms with Gasteiger partial charge in [0.05, 0.1) is 19.0 Å². The van der Waals surface area contributed by atoms with E-state index in [1.807, 2.05) is 26.0 Å². The van der Waals surface area contributed by atoms with Gasteiger partial charge in [-0.05, 0) is 25.5 Å². The molecule has 4 nitrogen and oxygen atoms in total. The molecular formula is C10H17N3O. The van der Waals surface area contributed by atoms with Crippen molar-refractivity contribution < 1.29 is 4.74 Å². The minimum atomic E-state index is -0.0953. The maximum atomic E-state index is 5.75. The standard InChI is InChI=1S/C10H17N3O/c1-6-4-8(12)10(14-3)5-9(6)13-7(2)11/h4-5,7,13H,11-12H2,1-3H3. The van der Waals surface area contributed by atoms with Gasteiger partial charge in [0, 0.05) is 11.8 Å². The molecule has 0 saturated heterocycles. The fourth-order valence-corrected chi connectivity index (χ4v) is 1.29. The Morgan fingerprint density at radius 3 is 2.57 bits per heavy atom. The molecule has 1 aromatic carbocycles. The normalized spacial score (nSPS) is 12.3. The molecule has 0 aliphatic carbocycles. The van der Waals surface area contributed by atoms with Gasteiger partial charge in [0.15, 0.2) is 0 Å². The molecule has 1 atom stereocenters. The molecule has 0 fully saturated rings. The summed E-state index contributed by atoms with van der Waals surface area (Å²) in [7, 11) is 1.59. The third-order valence-electron chi connectivity index (χ3n) is 1.96. The van der Waals surface area contributed by atoms with E-state index >= 15 is 0 Å². The second-order valence-corrected chi connectivity index (χ2v) is 3.34. The van der Waals surface area contributed by atoms with Crippen LogP contribution in [0.4, 0.5) is 11.4 Å². The number of aryl methyl sites for hydroxylation is 1. The average molecular weight is 195 g/mol. The summed E-state index contributed by atoms with van der Waals surface area (Å²) >= 11 is 0. The van der Waals surface area contributed by atoms with Crippen molar-refractivity contribution in [2.24, 2.45) is 5.73 Å². The number of rotatable bonds is 3. The molecule has 0 spiro atoms. The van der Waals surface area contributed by atoms with Gasteiger partial charge >= 0.3 is 0 Å². The monoisotopic (exact) mass is 195 g/mol. The quantitative estimate of drug-likeness (QED) is 0.502. The number of hydrogen-bond donors (Lipinski definition) is 3. The first kappa shape index (κ1) is 10.7. The van der Waals surface area contributed by atoms with Crippen LogP contribution in [0.15, 0.2) is 12.1 Å². The predicted molar refractivity (Wildman–Crippen MR) is 59.4 cm³/mol. The zero-order valence-electron chi connectivity index (χ0n) is 8.79. The highest BCUT2D eigenvalue weighted by atomic mass is 16.5. The van der Waals surface area contributed by atoms with E-state index in [-0.39, 0.29) is 6.17 Å². The molecule has 0 aromatic heterocycles. The Bertz CT molecular complexity index is 323. The van der Waals surface area contributed by atoms with Crippen molar-refractivity contribution in [1.29, 1.82) is 0 Å². The average Bonchev–Trinajstić information content (AvgIpc) is 2.09. The molecule has 1 unspecified atom stereocenters. The van der Waals surface area contributed by atoms with Crippen molar-refractivity contribution in [1.82, 2.24) is 0 Å². The van der Waals surface area contributed by atoms with E-state index in [0.717, 1.165) is 11.3 Å². The number of nitrogens with two attached hydrogens (primary N) is 2. The highest BCUT2D eigenvalue weighted by molar-refractivity contribution is 5.65. The van der Waals surface area contributed by atoms with Gasteiger partial charge in [0.1, 0.15) is 5.75 Å². The van der Waals surface area contributed by atoms with Gasteiger partial charge in [-0.3, -0.25) is 0 Å². The lowest BCUT2D eigenvalue weighted by atomic mass is 10.1. The molecule has 0 bridgehead atoms. The maximum absolute atomic E-state index is 5.75. The molecule has 0 radical (unpaired) electrons. The minimum absolute atomic E-state index is 0.0953. The lowest BCUT2D eigenvalue weighted by Gasteiger charge is -2.15. The van der Waals surface area contributed by atoms with Gasteiger partial charge in [-0.15, -0.1) is 0 Å². The van der Waals surface area contributed by atoms with Crippen molar-refractivity contribution >= 4 is 11.4 Å². The van der Waals surface area contributed by atoms with Crippen LogP contribution in [0.2, 0.25) is 0 Å². The molecular weight excluding hydrogens is 178 g/mol. The smallest absolute Gasteiger partial charge is 0.143 e. The van der Waals surface area contributed by atoms with Gasteiger partial charge < -0.3 is 21.5 Å². The zero-order valence-corrected chi connectivity index (χ0v) is 8.79. The van der Waals surface area contributed by atoms with Crippen LogP contribution < -0.4 is 21.5 Å². The number of ether oxygens (including phenoxy) is 1. The van der Waals surface area contributed by atoms with Gasteiger partial charge in [-0.25, -0.2) is 0 Å². The predicted octanol–water partition coefficient (Wildman–Crippen LogP) is 1.30. The van der Waals surface area contributed by atoms with Crippen molar-refractivity contribution in [2.45, 2.75) is 20.0 Å². The van der Waals surface area contributed by atoms with E-state index < -0.39 is 0 Å². The van der Waals surface area contributed by atoms with Gasteiger partial charge in [-0.2, -0.15) is 0 Å². The molecule has 0 amide bonds. The number of nitrogen functional groups attached to an aromatic ring is 1. The molecule has 14 heavy (non-hydrogen) atoms. The minimum Gasteiger partial charge on any atom is -0.495 e. The van der Waals surface area contributed by atoms with Crippen molar-refractivity contribution in [3.63, 3.8) is 0 Å². The largest absolute Gasteiger partial charge is 0.495 e. The fourth-order valence-electron chi connectivity index (χ4n) is 1.29. The van der Waals surface area contributed by atoms with Crippen molar-refractivity contribution in [2.75, 3.05) is 18.2 Å². The molecule has 4 heteroatoms. The highest BCUT2D eigenvalue weighted by Gasteiger charge is 2.05. The van der Waals surface area contributed by atoms with Crippen LogP contribution in [0.3, 0.4) is 0 Å². The van der Waals surface area contributed by atoms with Crippen LogP contribution in [0, 0.1) is 6.92 Å². The van der Waals surface area contributed by atoms with Crippen LogP contribution in [-0.2, 0) is 0 Å². The number of hydrogen-bond acceptors (Lipinski definition) is 4. The van der Waals surface area contributed by atoms with Crippen LogP contribution in [-0.4, -0.2) is 13.3 Å². The van der Waals surface area contributed by atoms with Crippen molar-refractivity contribution in [3.05, 3.63) is 17.7 Å². The topological polar surface area (TPSA) is 73.3 Å². The zero-order chi connectivity index (χ0) is 10.7. The van der Waals surface area contributed by atoms with E-state index in [9.17, 15) is 0 Å². The Labute approximate surface area is 84.2 Å². The third-order valence-corrected chi connectivity index (χ3v) is 1.96. The Balaban J connectivity index is 3.04. The molecule has 78 valence electrons. The molecule has 0 saturated carbocycles. The first-order valence-corrected chi connectivity index (χ1v) is 4.51. The Kier molecular flexibility index (Phi) is 3.19. The first-order valence-electron chi connectivity index (χ1n) is 4.51. The van der Waals surface area contributed by atoms with Gasteiger partial charge in [0.2, 0.25) is 0 Å². The first-order chi connectivity index (χ1) is 6.54. The fraction of sp³-hybridized carbons (Fsp3) is 0.400. The molecule has 0 aliphatic heterocycles. The number of methoxy groups -OCH3 is 1. The third kappa shape index (κ3) is 2.29.